The van der Waals surface area contributed by atoms with Crippen LogP contribution in [0.5, 0.6) is 0 Å². The van der Waals surface area contributed by atoms with Gasteiger partial charge in [0.2, 0.25) is 0 Å². The Kier molecular flexibility index (Phi) is 5.49. The van der Waals surface area contributed by atoms with Gasteiger partial charge < -0.3 is 10.6 Å². The summed E-state index contributed by atoms with van der Waals surface area (Å²) in [4.78, 5) is 11.9. The van der Waals surface area contributed by atoms with E-state index in [2.05, 4.69) is 36.8 Å². The second-order valence-corrected chi connectivity index (χ2v) is 6.35. The van der Waals surface area contributed by atoms with Crippen molar-refractivity contribution in [3.8, 4) is 0 Å². The molecule has 2 aromatic rings. The molecule has 0 saturated carbocycles. The molecule has 0 radical (unpaired) electrons. The van der Waals surface area contributed by atoms with Crippen molar-refractivity contribution in [2.45, 2.75) is 20.8 Å². The monoisotopic (exact) mass is 362 g/mol. The number of amides is 1. The van der Waals surface area contributed by atoms with Gasteiger partial charge in [0.25, 0.3) is 5.91 Å². The molecule has 116 valence electrons. The van der Waals surface area contributed by atoms with Gasteiger partial charge in [0.15, 0.2) is 11.5 Å². The van der Waals surface area contributed by atoms with E-state index in [4.69, 9.17) is 0 Å². The van der Waals surface area contributed by atoms with Crippen LogP contribution in [0.2, 0.25) is 0 Å². The van der Waals surface area contributed by atoms with Crippen molar-refractivity contribution in [2.75, 3.05) is 11.9 Å². The predicted molar refractivity (Wildman–Crippen MR) is 91.4 cm³/mol. The Bertz CT molecular complexity index is 656. The molecule has 2 rings (SSSR count). The Morgan fingerprint density at radius 1 is 1.23 bits per heavy atom. The van der Waals surface area contributed by atoms with Gasteiger partial charge in [-0.3, -0.25) is 4.79 Å². The van der Waals surface area contributed by atoms with E-state index in [1.54, 1.807) is 12.1 Å². The average molecular weight is 363 g/mol. The number of carbonyl (C=O) groups is 1. The van der Waals surface area contributed by atoms with E-state index in [9.17, 15) is 4.79 Å². The molecule has 1 aromatic carbocycles. The number of halogens is 1. The van der Waals surface area contributed by atoms with Crippen LogP contribution in [0.1, 0.15) is 29.9 Å². The van der Waals surface area contributed by atoms with Crippen LogP contribution >= 0.6 is 15.9 Å². The summed E-state index contributed by atoms with van der Waals surface area (Å²) in [7, 11) is 0. The summed E-state index contributed by atoms with van der Waals surface area (Å²) in [5.41, 5.74) is 2.37. The molecular formula is C16H19BrN4O. The SMILES string of the molecule is Cc1cc(Nc2ccc(C(=O)NCC(C)C)nn2)ccc1Br. The molecule has 0 saturated heterocycles. The first-order chi connectivity index (χ1) is 10.5. The highest BCUT2D eigenvalue weighted by atomic mass is 79.9. The summed E-state index contributed by atoms with van der Waals surface area (Å²) >= 11 is 3.46. The second-order valence-electron chi connectivity index (χ2n) is 5.50. The first kappa shape index (κ1) is 16.4. The summed E-state index contributed by atoms with van der Waals surface area (Å²) < 4.78 is 1.06. The van der Waals surface area contributed by atoms with Gasteiger partial charge in [-0.25, -0.2) is 0 Å². The molecule has 1 aromatic heterocycles. The molecule has 0 fully saturated rings. The molecule has 6 heteroatoms. The standard InChI is InChI=1S/C16H19BrN4O/c1-10(2)9-18-16(22)14-6-7-15(21-20-14)19-12-4-5-13(17)11(3)8-12/h4-8,10H,9H2,1-3H3,(H,18,22)(H,19,21). The number of aryl methyl sites for hydroxylation is 1. The number of carbonyl (C=O) groups excluding carboxylic acids is 1. The number of rotatable bonds is 5. The van der Waals surface area contributed by atoms with Crippen LogP contribution in [0, 0.1) is 12.8 Å². The molecule has 0 aliphatic rings. The first-order valence-corrected chi connectivity index (χ1v) is 7.90. The van der Waals surface area contributed by atoms with Gasteiger partial charge in [0.1, 0.15) is 0 Å². The average Bonchev–Trinajstić information content (AvgIpc) is 2.49. The Morgan fingerprint density at radius 2 is 2.00 bits per heavy atom. The van der Waals surface area contributed by atoms with Crippen molar-refractivity contribution >= 4 is 33.3 Å². The third-order valence-corrected chi connectivity index (χ3v) is 3.89. The fraction of sp³-hybridized carbons (Fsp3) is 0.312. The topological polar surface area (TPSA) is 66.9 Å². The predicted octanol–water partition coefficient (Wildman–Crippen LogP) is 3.68. The minimum Gasteiger partial charge on any atom is -0.350 e. The Hall–Kier alpha value is -1.95. The van der Waals surface area contributed by atoms with Crippen molar-refractivity contribution in [3.05, 3.63) is 46.1 Å². The minimum atomic E-state index is -0.202. The Labute approximate surface area is 138 Å². The van der Waals surface area contributed by atoms with Crippen LogP contribution < -0.4 is 10.6 Å². The maximum Gasteiger partial charge on any atom is 0.271 e. The van der Waals surface area contributed by atoms with Gasteiger partial charge in [0.05, 0.1) is 0 Å². The van der Waals surface area contributed by atoms with E-state index in [0.717, 1.165) is 15.7 Å². The van der Waals surface area contributed by atoms with Crippen molar-refractivity contribution in [1.82, 2.24) is 15.5 Å². The fourth-order valence-electron chi connectivity index (χ4n) is 1.78. The molecule has 22 heavy (non-hydrogen) atoms. The number of nitrogens with one attached hydrogen (secondary N) is 2. The van der Waals surface area contributed by atoms with E-state index >= 15 is 0 Å². The molecule has 1 amide bonds. The number of hydrogen-bond donors (Lipinski definition) is 2. The molecule has 1 heterocycles. The first-order valence-electron chi connectivity index (χ1n) is 7.11. The molecule has 0 aliphatic heterocycles. The minimum absolute atomic E-state index is 0.202. The lowest BCUT2D eigenvalue weighted by molar-refractivity contribution is 0.0943. The van der Waals surface area contributed by atoms with Gasteiger partial charge in [-0.05, 0) is 48.7 Å². The van der Waals surface area contributed by atoms with Crippen LogP contribution in [-0.2, 0) is 0 Å². The fourth-order valence-corrected chi connectivity index (χ4v) is 2.02. The van der Waals surface area contributed by atoms with E-state index < -0.39 is 0 Å². The van der Waals surface area contributed by atoms with Gasteiger partial charge >= 0.3 is 0 Å². The van der Waals surface area contributed by atoms with Crippen molar-refractivity contribution in [3.63, 3.8) is 0 Å². The maximum absolute atomic E-state index is 11.9. The summed E-state index contributed by atoms with van der Waals surface area (Å²) in [6.45, 7) is 6.72. The molecular weight excluding hydrogens is 344 g/mol. The zero-order valence-electron chi connectivity index (χ0n) is 12.9. The summed E-state index contributed by atoms with van der Waals surface area (Å²) in [5, 5.41) is 14.0. The van der Waals surface area contributed by atoms with Crippen LogP contribution in [0.4, 0.5) is 11.5 Å². The van der Waals surface area contributed by atoms with E-state index in [-0.39, 0.29) is 5.91 Å². The van der Waals surface area contributed by atoms with E-state index in [1.807, 2.05) is 39.0 Å². The molecule has 0 aliphatic carbocycles. The third kappa shape index (κ3) is 4.53. The van der Waals surface area contributed by atoms with Gasteiger partial charge in [-0.1, -0.05) is 29.8 Å². The van der Waals surface area contributed by atoms with Crippen molar-refractivity contribution in [1.29, 1.82) is 0 Å². The molecule has 2 N–H and O–H groups in total. The van der Waals surface area contributed by atoms with E-state index in [0.29, 0.717) is 24.0 Å². The second kappa shape index (κ2) is 7.35. The lowest BCUT2D eigenvalue weighted by Gasteiger charge is -2.08. The van der Waals surface area contributed by atoms with Crippen molar-refractivity contribution in [2.24, 2.45) is 5.92 Å². The summed E-state index contributed by atoms with van der Waals surface area (Å²) in [5.74, 6) is 0.799. The molecule has 0 spiro atoms. The van der Waals surface area contributed by atoms with Crippen molar-refractivity contribution < 1.29 is 4.79 Å². The van der Waals surface area contributed by atoms with Crippen LogP contribution in [0.15, 0.2) is 34.8 Å². The molecule has 0 bridgehead atoms. The lowest BCUT2D eigenvalue weighted by Crippen LogP contribution is -2.28. The number of anilines is 2. The van der Waals surface area contributed by atoms with Crippen LogP contribution in [0.3, 0.4) is 0 Å². The van der Waals surface area contributed by atoms with Crippen LogP contribution in [0.25, 0.3) is 0 Å². The normalized spacial score (nSPS) is 10.6. The summed E-state index contributed by atoms with van der Waals surface area (Å²) in [6.07, 6.45) is 0. The Balaban J connectivity index is 2.02. The Morgan fingerprint density at radius 3 is 2.59 bits per heavy atom. The smallest absolute Gasteiger partial charge is 0.271 e. The number of aromatic nitrogens is 2. The largest absolute Gasteiger partial charge is 0.350 e. The van der Waals surface area contributed by atoms with Gasteiger partial charge in [-0.2, -0.15) is 0 Å². The lowest BCUT2D eigenvalue weighted by atomic mass is 10.2. The maximum atomic E-state index is 11.9. The quantitative estimate of drug-likeness (QED) is 0.851. The van der Waals surface area contributed by atoms with E-state index in [1.165, 1.54) is 0 Å². The van der Waals surface area contributed by atoms with Crippen LogP contribution in [-0.4, -0.2) is 22.6 Å². The highest BCUT2D eigenvalue weighted by Gasteiger charge is 2.08. The number of hydrogen-bond acceptors (Lipinski definition) is 4. The third-order valence-electron chi connectivity index (χ3n) is 3.00. The molecule has 5 nitrogen and oxygen atoms in total. The molecule has 0 atom stereocenters. The molecule has 0 unspecified atom stereocenters. The zero-order chi connectivity index (χ0) is 16.1. The van der Waals surface area contributed by atoms with Gasteiger partial charge in [-0.15, -0.1) is 10.2 Å². The number of benzene rings is 1. The van der Waals surface area contributed by atoms with Gasteiger partial charge in [0, 0.05) is 16.7 Å². The summed E-state index contributed by atoms with van der Waals surface area (Å²) in [6, 6.07) is 9.33. The number of nitrogens with zero attached hydrogens (tertiary/aromatic N) is 2. The highest BCUT2D eigenvalue weighted by molar-refractivity contribution is 9.10. The highest BCUT2D eigenvalue weighted by Crippen LogP contribution is 2.22. The zero-order valence-corrected chi connectivity index (χ0v) is 14.4.